The predicted octanol–water partition coefficient (Wildman–Crippen LogP) is 5.20. The Morgan fingerprint density at radius 1 is 1.08 bits per heavy atom. The first kappa shape index (κ1) is 17.6. The van der Waals surface area contributed by atoms with Crippen LogP contribution in [0.4, 0.5) is 13.2 Å². The van der Waals surface area contributed by atoms with Gasteiger partial charge in [-0.2, -0.15) is 0 Å². The second kappa shape index (κ2) is 6.93. The SMILES string of the molecule is FC(F)(F)Oc1cccc(Cn2cnnc2-c2cccc(Cl)c2Cl)c1. The fraction of sp³-hybridized carbons (Fsp3) is 0.125. The molecule has 0 bridgehead atoms. The molecule has 0 aliphatic rings. The lowest BCUT2D eigenvalue weighted by molar-refractivity contribution is -0.274. The van der Waals surface area contributed by atoms with Gasteiger partial charge in [0.2, 0.25) is 0 Å². The first-order valence-electron chi connectivity index (χ1n) is 7.00. The summed E-state index contributed by atoms with van der Waals surface area (Å²) in [6, 6.07) is 10.8. The molecule has 25 heavy (non-hydrogen) atoms. The molecule has 130 valence electrons. The first-order chi connectivity index (χ1) is 11.8. The molecule has 0 saturated heterocycles. The van der Waals surface area contributed by atoms with Gasteiger partial charge in [-0.05, 0) is 29.8 Å². The lowest BCUT2D eigenvalue weighted by atomic mass is 10.2. The van der Waals surface area contributed by atoms with Gasteiger partial charge < -0.3 is 9.30 Å². The number of alkyl halides is 3. The molecule has 0 radical (unpaired) electrons. The number of ether oxygens (including phenoxy) is 1. The molecule has 0 fully saturated rings. The van der Waals surface area contributed by atoms with Gasteiger partial charge in [0, 0.05) is 5.56 Å². The van der Waals surface area contributed by atoms with E-state index in [1.807, 2.05) is 0 Å². The van der Waals surface area contributed by atoms with E-state index in [9.17, 15) is 13.2 Å². The van der Waals surface area contributed by atoms with Crippen molar-refractivity contribution in [2.24, 2.45) is 0 Å². The molecule has 9 heteroatoms. The summed E-state index contributed by atoms with van der Waals surface area (Å²) < 4.78 is 42.6. The summed E-state index contributed by atoms with van der Waals surface area (Å²) in [4.78, 5) is 0. The van der Waals surface area contributed by atoms with Crippen molar-refractivity contribution in [3.8, 4) is 17.1 Å². The Kier molecular flexibility index (Phi) is 4.87. The summed E-state index contributed by atoms with van der Waals surface area (Å²) >= 11 is 12.2. The topological polar surface area (TPSA) is 39.9 Å². The van der Waals surface area contributed by atoms with Gasteiger partial charge in [-0.1, -0.05) is 41.4 Å². The second-order valence-electron chi connectivity index (χ2n) is 5.08. The molecule has 0 N–H and O–H groups in total. The van der Waals surface area contributed by atoms with Crippen LogP contribution < -0.4 is 4.74 Å². The Hall–Kier alpha value is -2.25. The van der Waals surface area contributed by atoms with Gasteiger partial charge in [0.1, 0.15) is 12.1 Å². The van der Waals surface area contributed by atoms with Crippen LogP contribution in [-0.2, 0) is 6.54 Å². The smallest absolute Gasteiger partial charge is 0.406 e. The monoisotopic (exact) mass is 387 g/mol. The van der Waals surface area contributed by atoms with Gasteiger partial charge in [0.25, 0.3) is 0 Å². The van der Waals surface area contributed by atoms with E-state index in [0.717, 1.165) is 0 Å². The Morgan fingerprint density at radius 3 is 2.60 bits per heavy atom. The molecule has 2 aromatic carbocycles. The fourth-order valence-electron chi connectivity index (χ4n) is 2.29. The molecular weight excluding hydrogens is 378 g/mol. The van der Waals surface area contributed by atoms with E-state index >= 15 is 0 Å². The van der Waals surface area contributed by atoms with Crippen molar-refractivity contribution in [1.29, 1.82) is 0 Å². The zero-order chi connectivity index (χ0) is 18.0. The Morgan fingerprint density at radius 2 is 1.84 bits per heavy atom. The van der Waals surface area contributed by atoms with Crippen molar-refractivity contribution in [1.82, 2.24) is 14.8 Å². The van der Waals surface area contributed by atoms with Crippen LogP contribution in [0.25, 0.3) is 11.4 Å². The number of benzene rings is 2. The van der Waals surface area contributed by atoms with Crippen molar-refractivity contribution in [2.45, 2.75) is 12.9 Å². The highest BCUT2D eigenvalue weighted by atomic mass is 35.5. The highest BCUT2D eigenvalue weighted by molar-refractivity contribution is 6.43. The van der Waals surface area contributed by atoms with Crippen LogP contribution in [0.3, 0.4) is 0 Å². The number of hydrogen-bond donors (Lipinski definition) is 0. The first-order valence-corrected chi connectivity index (χ1v) is 7.76. The van der Waals surface area contributed by atoms with Crippen LogP contribution in [0.2, 0.25) is 10.0 Å². The minimum absolute atomic E-state index is 0.236. The summed E-state index contributed by atoms with van der Waals surface area (Å²) in [7, 11) is 0. The molecule has 3 rings (SSSR count). The minimum atomic E-state index is -4.74. The van der Waals surface area contributed by atoms with E-state index in [1.54, 1.807) is 28.8 Å². The summed E-state index contributed by atoms with van der Waals surface area (Å²) in [5, 5.41) is 8.57. The number of hydrogen-bond acceptors (Lipinski definition) is 3. The molecule has 0 aliphatic heterocycles. The third-order valence-electron chi connectivity index (χ3n) is 3.29. The molecule has 4 nitrogen and oxygen atoms in total. The predicted molar refractivity (Wildman–Crippen MR) is 87.7 cm³/mol. The van der Waals surface area contributed by atoms with Gasteiger partial charge in [-0.25, -0.2) is 0 Å². The molecule has 0 spiro atoms. The van der Waals surface area contributed by atoms with Gasteiger partial charge in [0.15, 0.2) is 5.82 Å². The minimum Gasteiger partial charge on any atom is -0.406 e. The maximum absolute atomic E-state index is 12.3. The van der Waals surface area contributed by atoms with Crippen molar-refractivity contribution in [2.75, 3.05) is 0 Å². The van der Waals surface area contributed by atoms with Crippen molar-refractivity contribution in [3.05, 3.63) is 64.4 Å². The standard InChI is InChI=1S/C16H10Cl2F3N3O/c17-13-6-2-5-12(14(13)18)15-23-22-9-24(15)8-10-3-1-4-11(7-10)25-16(19,20)21/h1-7,9H,8H2. The number of halogens is 5. The molecule has 3 aromatic rings. The maximum atomic E-state index is 12.3. The third-order valence-corrected chi connectivity index (χ3v) is 4.11. The molecule has 1 heterocycles. The fourth-order valence-corrected chi connectivity index (χ4v) is 2.68. The zero-order valence-corrected chi connectivity index (χ0v) is 14.0. The Labute approximate surface area is 150 Å². The van der Waals surface area contributed by atoms with Crippen molar-refractivity contribution in [3.63, 3.8) is 0 Å². The Balaban J connectivity index is 1.90. The largest absolute Gasteiger partial charge is 0.573 e. The number of rotatable bonds is 4. The average molecular weight is 388 g/mol. The zero-order valence-electron chi connectivity index (χ0n) is 12.5. The maximum Gasteiger partial charge on any atom is 0.573 e. The van der Waals surface area contributed by atoms with Crippen LogP contribution in [0.1, 0.15) is 5.56 Å². The van der Waals surface area contributed by atoms with Crippen molar-refractivity contribution < 1.29 is 17.9 Å². The summed E-state index contributed by atoms with van der Waals surface area (Å²) in [6.07, 6.45) is -3.28. The summed E-state index contributed by atoms with van der Waals surface area (Å²) in [5.41, 5.74) is 1.16. The normalized spacial score (nSPS) is 11.6. The molecule has 1 aromatic heterocycles. The van der Waals surface area contributed by atoms with E-state index in [1.165, 1.54) is 24.5 Å². The van der Waals surface area contributed by atoms with E-state index < -0.39 is 6.36 Å². The van der Waals surface area contributed by atoms with E-state index in [2.05, 4.69) is 14.9 Å². The summed E-state index contributed by atoms with van der Waals surface area (Å²) in [5.74, 6) is 0.162. The van der Waals surface area contributed by atoms with Crippen LogP contribution in [0.5, 0.6) is 5.75 Å². The second-order valence-corrected chi connectivity index (χ2v) is 5.86. The van der Waals surface area contributed by atoms with E-state index in [-0.39, 0.29) is 12.3 Å². The lowest BCUT2D eigenvalue weighted by Crippen LogP contribution is -2.17. The molecule has 0 aliphatic carbocycles. The van der Waals surface area contributed by atoms with Crippen LogP contribution in [0.15, 0.2) is 48.8 Å². The molecule has 0 saturated carbocycles. The van der Waals surface area contributed by atoms with E-state index in [4.69, 9.17) is 23.2 Å². The van der Waals surface area contributed by atoms with Crippen LogP contribution >= 0.6 is 23.2 Å². The summed E-state index contributed by atoms with van der Waals surface area (Å²) in [6.45, 7) is 0.236. The van der Waals surface area contributed by atoms with Gasteiger partial charge >= 0.3 is 6.36 Å². The average Bonchev–Trinajstić information content (AvgIpc) is 2.96. The van der Waals surface area contributed by atoms with E-state index in [0.29, 0.717) is 27.0 Å². The molecule has 0 atom stereocenters. The van der Waals surface area contributed by atoms with Crippen LogP contribution in [0, 0.1) is 0 Å². The lowest BCUT2D eigenvalue weighted by Gasteiger charge is -2.11. The number of aromatic nitrogens is 3. The molecule has 0 amide bonds. The van der Waals surface area contributed by atoms with Gasteiger partial charge in [-0.15, -0.1) is 23.4 Å². The van der Waals surface area contributed by atoms with Gasteiger partial charge in [0.05, 0.1) is 16.6 Å². The Bertz CT molecular complexity index is 896. The van der Waals surface area contributed by atoms with Crippen molar-refractivity contribution >= 4 is 23.2 Å². The third kappa shape index (κ3) is 4.24. The van der Waals surface area contributed by atoms with Crippen LogP contribution in [-0.4, -0.2) is 21.1 Å². The molecule has 0 unspecified atom stereocenters. The number of nitrogens with zero attached hydrogens (tertiary/aromatic N) is 3. The highest BCUT2D eigenvalue weighted by Crippen LogP contribution is 2.32. The molecular formula is C16H10Cl2F3N3O. The van der Waals surface area contributed by atoms with Gasteiger partial charge in [-0.3, -0.25) is 0 Å². The highest BCUT2D eigenvalue weighted by Gasteiger charge is 2.31. The quantitative estimate of drug-likeness (QED) is 0.617.